The number of aromatic nitrogens is 2. The van der Waals surface area contributed by atoms with Crippen LogP contribution in [0.2, 0.25) is 0 Å². The van der Waals surface area contributed by atoms with E-state index in [1.54, 1.807) is 12.1 Å². The molecule has 0 amide bonds. The van der Waals surface area contributed by atoms with Crippen molar-refractivity contribution < 1.29 is 9.53 Å². The topological polar surface area (TPSA) is 90.1 Å². The normalized spacial score (nSPS) is 17.2. The number of ether oxygens (including phenoxy) is 1. The first-order chi connectivity index (χ1) is 9.24. The van der Waals surface area contributed by atoms with Crippen LogP contribution in [0.3, 0.4) is 0 Å². The Bertz CT molecular complexity index is 415. The number of hydrogen-bond acceptors (Lipinski definition) is 6. The van der Waals surface area contributed by atoms with Crippen LogP contribution in [0, 0.1) is 5.92 Å². The number of carbonyl (C=O) groups is 1. The Labute approximate surface area is 112 Å². The molecular formula is C13H20N4O2. The third kappa shape index (κ3) is 3.41. The van der Waals surface area contributed by atoms with Gasteiger partial charge in [0.1, 0.15) is 5.82 Å². The first-order valence-electron chi connectivity index (χ1n) is 6.63. The van der Waals surface area contributed by atoms with Crippen LogP contribution in [-0.4, -0.2) is 35.9 Å². The van der Waals surface area contributed by atoms with Crippen molar-refractivity contribution in [2.24, 2.45) is 11.7 Å². The highest BCUT2D eigenvalue weighted by molar-refractivity contribution is 5.86. The number of nitrogens with one attached hydrogen (secondary N) is 1. The van der Waals surface area contributed by atoms with Gasteiger partial charge in [0.15, 0.2) is 5.69 Å². The van der Waals surface area contributed by atoms with Gasteiger partial charge in [0, 0.05) is 12.6 Å². The van der Waals surface area contributed by atoms with Crippen LogP contribution in [0.15, 0.2) is 12.1 Å². The van der Waals surface area contributed by atoms with E-state index in [1.165, 1.54) is 32.8 Å². The van der Waals surface area contributed by atoms with Crippen molar-refractivity contribution in [2.45, 2.75) is 31.7 Å². The fraction of sp³-hybridized carbons (Fsp3) is 0.615. The highest BCUT2D eigenvalue weighted by Crippen LogP contribution is 2.28. The maximum atomic E-state index is 11.2. The summed E-state index contributed by atoms with van der Waals surface area (Å²) < 4.78 is 4.58. The molecule has 0 spiro atoms. The first kappa shape index (κ1) is 13.7. The van der Waals surface area contributed by atoms with Gasteiger partial charge in [-0.15, -0.1) is 10.2 Å². The first-order valence-corrected chi connectivity index (χ1v) is 6.63. The van der Waals surface area contributed by atoms with Gasteiger partial charge >= 0.3 is 5.97 Å². The molecule has 1 atom stereocenters. The molecule has 1 fully saturated rings. The summed E-state index contributed by atoms with van der Waals surface area (Å²) in [4.78, 5) is 11.2. The second-order valence-corrected chi connectivity index (χ2v) is 4.83. The van der Waals surface area contributed by atoms with Crippen LogP contribution in [0.4, 0.5) is 5.82 Å². The molecule has 0 aromatic carbocycles. The van der Waals surface area contributed by atoms with E-state index >= 15 is 0 Å². The summed E-state index contributed by atoms with van der Waals surface area (Å²) in [7, 11) is 1.32. The molecule has 1 unspecified atom stereocenters. The van der Waals surface area contributed by atoms with Crippen molar-refractivity contribution in [2.75, 3.05) is 19.0 Å². The third-order valence-electron chi connectivity index (χ3n) is 3.62. The summed E-state index contributed by atoms with van der Waals surface area (Å²) in [6.45, 7) is 0.575. The molecule has 0 bridgehead atoms. The number of hydrogen-bond donors (Lipinski definition) is 2. The van der Waals surface area contributed by atoms with E-state index < -0.39 is 5.97 Å². The number of methoxy groups -OCH3 is 1. The Morgan fingerprint density at radius 3 is 2.74 bits per heavy atom. The zero-order valence-corrected chi connectivity index (χ0v) is 11.1. The average molecular weight is 264 g/mol. The standard InChI is InChI=1S/C13H20N4O2/c1-19-13(18)10-6-7-12(17-16-10)15-11(8-14)9-4-2-3-5-9/h6-7,9,11H,2-5,8,14H2,1H3,(H,15,17). The van der Waals surface area contributed by atoms with Crippen molar-refractivity contribution in [3.8, 4) is 0 Å². The molecule has 6 nitrogen and oxygen atoms in total. The molecule has 6 heteroatoms. The molecule has 0 aliphatic heterocycles. The summed E-state index contributed by atoms with van der Waals surface area (Å²) in [5.41, 5.74) is 6.02. The van der Waals surface area contributed by atoms with E-state index in [-0.39, 0.29) is 11.7 Å². The van der Waals surface area contributed by atoms with Gasteiger partial charge in [-0.05, 0) is 30.9 Å². The minimum atomic E-state index is -0.481. The molecule has 19 heavy (non-hydrogen) atoms. The largest absolute Gasteiger partial charge is 0.464 e. The summed E-state index contributed by atoms with van der Waals surface area (Å²) in [5, 5.41) is 11.1. The summed E-state index contributed by atoms with van der Waals surface area (Å²) in [5.74, 6) is 0.771. The quantitative estimate of drug-likeness (QED) is 0.776. The summed E-state index contributed by atoms with van der Waals surface area (Å²) >= 11 is 0. The van der Waals surface area contributed by atoms with Gasteiger partial charge in [-0.1, -0.05) is 12.8 Å². The SMILES string of the molecule is COC(=O)c1ccc(NC(CN)C2CCCC2)nn1. The number of nitrogens with two attached hydrogens (primary N) is 1. The van der Waals surface area contributed by atoms with E-state index in [0.29, 0.717) is 18.3 Å². The van der Waals surface area contributed by atoms with Crippen LogP contribution in [0.5, 0.6) is 0 Å². The van der Waals surface area contributed by atoms with Crippen molar-refractivity contribution in [3.63, 3.8) is 0 Å². The van der Waals surface area contributed by atoms with Crippen LogP contribution in [0.1, 0.15) is 36.2 Å². The monoisotopic (exact) mass is 264 g/mol. The Morgan fingerprint density at radius 2 is 2.21 bits per heavy atom. The van der Waals surface area contributed by atoms with Gasteiger partial charge in [-0.25, -0.2) is 4.79 Å². The highest BCUT2D eigenvalue weighted by atomic mass is 16.5. The van der Waals surface area contributed by atoms with Crippen LogP contribution >= 0.6 is 0 Å². The molecule has 1 aromatic heterocycles. The maximum absolute atomic E-state index is 11.2. The predicted octanol–water partition coefficient (Wildman–Crippen LogP) is 1.19. The zero-order valence-electron chi connectivity index (χ0n) is 11.1. The molecule has 2 rings (SSSR count). The average Bonchev–Trinajstić information content (AvgIpc) is 2.98. The number of anilines is 1. The van der Waals surface area contributed by atoms with E-state index in [0.717, 1.165) is 0 Å². The van der Waals surface area contributed by atoms with Crippen molar-refractivity contribution in [1.82, 2.24) is 10.2 Å². The van der Waals surface area contributed by atoms with Crippen LogP contribution < -0.4 is 11.1 Å². The van der Waals surface area contributed by atoms with Crippen molar-refractivity contribution >= 4 is 11.8 Å². The van der Waals surface area contributed by atoms with E-state index in [9.17, 15) is 4.79 Å². The summed E-state index contributed by atoms with van der Waals surface area (Å²) in [6, 6.07) is 3.56. The second-order valence-electron chi connectivity index (χ2n) is 4.83. The van der Waals surface area contributed by atoms with E-state index in [2.05, 4.69) is 20.3 Å². The van der Waals surface area contributed by atoms with E-state index in [1.807, 2.05) is 0 Å². The molecule has 1 aliphatic carbocycles. The van der Waals surface area contributed by atoms with Crippen LogP contribution in [-0.2, 0) is 4.74 Å². The Balaban J connectivity index is 1.99. The number of esters is 1. The van der Waals surface area contributed by atoms with Crippen molar-refractivity contribution in [3.05, 3.63) is 17.8 Å². The van der Waals surface area contributed by atoms with Gasteiger partial charge < -0.3 is 15.8 Å². The summed E-state index contributed by atoms with van der Waals surface area (Å²) in [6.07, 6.45) is 4.97. The smallest absolute Gasteiger partial charge is 0.358 e. The molecule has 1 aliphatic rings. The molecule has 0 radical (unpaired) electrons. The third-order valence-corrected chi connectivity index (χ3v) is 3.62. The number of carbonyl (C=O) groups excluding carboxylic acids is 1. The highest BCUT2D eigenvalue weighted by Gasteiger charge is 2.24. The lowest BCUT2D eigenvalue weighted by atomic mass is 9.98. The lowest BCUT2D eigenvalue weighted by Gasteiger charge is -2.23. The molecule has 1 saturated carbocycles. The Hall–Kier alpha value is -1.69. The van der Waals surface area contributed by atoms with Crippen LogP contribution in [0.25, 0.3) is 0 Å². The van der Waals surface area contributed by atoms with Gasteiger partial charge in [0.05, 0.1) is 7.11 Å². The zero-order chi connectivity index (χ0) is 13.7. The fourth-order valence-electron chi connectivity index (χ4n) is 2.54. The fourth-order valence-corrected chi connectivity index (χ4v) is 2.54. The molecule has 3 N–H and O–H groups in total. The lowest BCUT2D eigenvalue weighted by Crippen LogP contribution is -2.35. The minimum Gasteiger partial charge on any atom is -0.464 e. The second kappa shape index (κ2) is 6.47. The predicted molar refractivity (Wildman–Crippen MR) is 71.8 cm³/mol. The number of nitrogens with zero attached hydrogens (tertiary/aromatic N) is 2. The Morgan fingerprint density at radius 1 is 1.47 bits per heavy atom. The Kier molecular flexibility index (Phi) is 4.68. The maximum Gasteiger partial charge on any atom is 0.358 e. The molecular weight excluding hydrogens is 244 g/mol. The molecule has 1 heterocycles. The number of rotatable bonds is 5. The van der Waals surface area contributed by atoms with Gasteiger partial charge in [-0.2, -0.15) is 0 Å². The van der Waals surface area contributed by atoms with E-state index in [4.69, 9.17) is 5.73 Å². The van der Waals surface area contributed by atoms with Gasteiger partial charge in [0.25, 0.3) is 0 Å². The molecule has 104 valence electrons. The van der Waals surface area contributed by atoms with Gasteiger partial charge in [0.2, 0.25) is 0 Å². The lowest BCUT2D eigenvalue weighted by molar-refractivity contribution is 0.0593. The molecule has 0 saturated heterocycles. The minimum absolute atomic E-state index is 0.207. The molecule has 1 aromatic rings. The van der Waals surface area contributed by atoms with Gasteiger partial charge in [-0.3, -0.25) is 0 Å². The van der Waals surface area contributed by atoms with Crippen molar-refractivity contribution in [1.29, 1.82) is 0 Å².